The monoisotopic (exact) mass is 960 g/mol. The van der Waals surface area contributed by atoms with E-state index >= 15 is 0 Å². The number of ether oxygens (including phenoxy) is 1. The number of amides is 1. The molecular weight excluding hydrogens is 851 g/mol. The summed E-state index contributed by atoms with van der Waals surface area (Å²) in [6, 6.07) is -0.722. The maximum Gasteiger partial charge on any atom is 0.306 e. The highest BCUT2D eigenvalue weighted by Gasteiger charge is 2.24. The minimum absolute atomic E-state index is 0.0472. The third-order valence-corrected chi connectivity index (χ3v) is 12.7. The van der Waals surface area contributed by atoms with Crippen LogP contribution in [0.2, 0.25) is 0 Å². The van der Waals surface area contributed by atoms with Gasteiger partial charge in [-0.3, -0.25) is 9.59 Å². The van der Waals surface area contributed by atoms with Crippen molar-refractivity contribution in [1.82, 2.24) is 5.32 Å². The molecule has 0 radical (unpaired) electrons. The number of hydrogen-bond donors (Lipinski definition) is 3. The van der Waals surface area contributed by atoms with Crippen LogP contribution in [0.4, 0.5) is 0 Å². The number of aliphatic hydroxyl groups excluding tert-OH is 2. The van der Waals surface area contributed by atoms with Crippen LogP contribution in [0.1, 0.15) is 265 Å². The number of carbonyl (C=O) groups is 2. The van der Waals surface area contributed by atoms with E-state index < -0.39 is 18.2 Å². The first-order chi connectivity index (χ1) is 34.0. The van der Waals surface area contributed by atoms with E-state index in [9.17, 15) is 19.8 Å². The Kier molecular flexibility index (Phi) is 53.1. The van der Waals surface area contributed by atoms with Gasteiger partial charge in [0, 0.05) is 6.42 Å². The lowest BCUT2D eigenvalue weighted by Gasteiger charge is -2.24. The van der Waals surface area contributed by atoms with Gasteiger partial charge >= 0.3 is 5.97 Å². The molecule has 6 heteroatoms. The standard InChI is InChI=1S/C63H109NO5/c1-4-7-10-13-16-19-22-25-28-30-32-35-38-41-44-47-50-53-56-63(68)69-59(54-51-48-45-42-39-36-34-31-29-26-23-20-17-14-11-8-5-2)57-62(67)64-60(58-65)61(66)55-52-49-46-43-40-37-33-27-24-21-18-15-12-9-6-3/h10,13,16-17,19-20,22,25-26,28-30,32,34-36,59-61,65-66H,4-9,11-12,14-15,18,21,23-24,27,31,33,37-58H2,1-3H3,(H,64,67)/b13-10+,19-16+,20-17-,25-22+,29-26-,30-28+,35-32+,36-34-. The molecule has 0 saturated carbocycles. The first-order valence-corrected chi connectivity index (χ1v) is 29.0. The molecular formula is C63H109NO5. The van der Waals surface area contributed by atoms with Gasteiger partial charge in [-0.15, -0.1) is 0 Å². The van der Waals surface area contributed by atoms with Crippen LogP contribution in [0.3, 0.4) is 0 Å². The summed E-state index contributed by atoms with van der Waals surface area (Å²) in [6.45, 7) is 6.37. The molecule has 3 N–H and O–H groups in total. The van der Waals surface area contributed by atoms with Crippen molar-refractivity contribution in [2.75, 3.05) is 6.61 Å². The molecule has 0 saturated heterocycles. The number of carbonyl (C=O) groups excluding carboxylic acids is 2. The van der Waals surface area contributed by atoms with Crippen molar-refractivity contribution in [1.29, 1.82) is 0 Å². The van der Waals surface area contributed by atoms with Gasteiger partial charge in [-0.2, -0.15) is 0 Å². The van der Waals surface area contributed by atoms with E-state index in [1.165, 1.54) is 109 Å². The Morgan fingerprint density at radius 1 is 0.435 bits per heavy atom. The van der Waals surface area contributed by atoms with Gasteiger partial charge in [0.15, 0.2) is 0 Å². The fourth-order valence-corrected chi connectivity index (χ4v) is 8.35. The van der Waals surface area contributed by atoms with Crippen molar-refractivity contribution in [2.45, 2.75) is 283 Å². The molecule has 0 aliphatic carbocycles. The quantitative estimate of drug-likeness (QED) is 0.0244. The highest BCUT2D eigenvalue weighted by atomic mass is 16.5. The molecule has 3 unspecified atom stereocenters. The first-order valence-electron chi connectivity index (χ1n) is 29.0. The smallest absolute Gasteiger partial charge is 0.306 e. The molecule has 0 aliphatic rings. The van der Waals surface area contributed by atoms with Gasteiger partial charge in [-0.1, -0.05) is 266 Å². The molecule has 396 valence electrons. The van der Waals surface area contributed by atoms with Crippen LogP contribution in [0.25, 0.3) is 0 Å². The Morgan fingerprint density at radius 3 is 1.33 bits per heavy atom. The second-order valence-electron chi connectivity index (χ2n) is 19.5. The number of nitrogens with one attached hydrogen (secondary N) is 1. The van der Waals surface area contributed by atoms with E-state index in [-0.39, 0.29) is 24.9 Å². The predicted molar refractivity (Wildman–Crippen MR) is 300 cm³/mol. The fourth-order valence-electron chi connectivity index (χ4n) is 8.35. The van der Waals surface area contributed by atoms with Crippen LogP contribution < -0.4 is 5.32 Å². The molecule has 0 spiro atoms. The average Bonchev–Trinajstić information content (AvgIpc) is 3.34. The fraction of sp³-hybridized carbons (Fsp3) is 0.714. The molecule has 0 aromatic heterocycles. The van der Waals surface area contributed by atoms with Crippen molar-refractivity contribution in [3.8, 4) is 0 Å². The van der Waals surface area contributed by atoms with Crippen LogP contribution in [-0.2, 0) is 14.3 Å². The maximum atomic E-state index is 13.3. The predicted octanol–water partition coefficient (Wildman–Crippen LogP) is 18.1. The summed E-state index contributed by atoms with van der Waals surface area (Å²) in [4.78, 5) is 26.3. The van der Waals surface area contributed by atoms with Crippen LogP contribution in [-0.4, -0.2) is 46.9 Å². The number of rotatable bonds is 51. The number of aliphatic hydroxyl groups is 2. The average molecular weight is 961 g/mol. The van der Waals surface area contributed by atoms with Gasteiger partial charge in [0.1, 0.15) is 6.10 Å². The Bertz CT molecular complexity index is 1350. The lowest BCUT2D eigenvalue weighted by molar-refractivity contribution is -0.151. The second-order valence-corrected chi connectivity index (χ2v) is 19.5. The van der Waals surface area contributed by atoms with Crippen molar-refractivity contribution < 1.29 is 24.5 Å². The lowest BCUT2D eigenvalue weighted by Crippen LogP contribution is -2.46. The summed E-state index contributed by atoms with van der Waals surface area (Å²) in [5, 5.41) is 23.9. The largest absolute Gasteiger partial charge is 0.462 e. The Morgan fingerprint density at radius 2 is 0.826 bits per heavy atom. The Labute approximate surface area is 426 Å². The number of hydrogen-bond acceptors (Lipinski definition) is 5. The Hall–Kier alpha value is -3.22. The summed E-state index contributed by atoms with van der Waals surface area (Å²) in [5.41, 5.74) is 0. The molecule has 69 heavy (non-hydrogen) atoms. The molecule has 1 amide bonds. The molecule has 0 heterocycles. The van der Waals surface area contributed by atoms with E-state index in [1.807, 2.05) is 24.3 Å². The lowest BCUT2D eigenvalue weighted by atomic mass is 10.0. The third-order valence-electron chi connectivity index (χ3n) is 12.7. The van der Waals surface area contributed by atoms with Crippen LogP contribution in [0.15, 0.2) is 97.2 Å². The van der Waals surface area contributed by atoms with Gasteiger partial charge in [-0.05, 0) is 83.5 Å². The topological polar surface area (TPSA) is 95.9 Å². The molecule has 0 fully saturated rings. The van der Waals surface area contributed by atoms with Gasteiger partial charge < -0.3 is 20.3 Å². The van der Waals surface area contributed by atoms with Crippen molar-refractivity contribution >= 4 is 11.9 Å². The molecule has 0 aliphatic heterocycles. The summed E-state index contributed by atoms with van der Waals surface area (Å²) >= 11 is 0. The van der Waals surface area contributed by atoms with Crippen LogP contribution in [0.5, 0.6) is 0 Å². The highest BCUT2D eigenvalue weighted by Crippen LogP contribution is 2.18. The molecule has 0 aromatic rings. The van der Waals surface area contributed by atoms with Gasteiger partial charge in [0.2, 0.25) is 5.91 Å². The third kappa shape index (κ3) is 51.0. The SMILES string of the molecule is CCC/C=C/C=C/C=C/C=C/C=C/CCCCCCCC(=O)OC(CCCCCC/C=C\C/C=C\C/C=C\CCCCC)CC(=O)NC(CO)C(O)CCCCCCCCCCCCCCCCC. The minimum atomic E-state index is -0.805. The highest BCUT2D eigenvalue weighted by molar-refractivity contribution is 5.77. The summed E-state index contributed by atoms with van der Waals surface area (Å²) < 4.78 is 5.95. The molecule has 0 rings (SSSR count). The summed E-state index contributed by atoms with van der Waals surface area (Å²) in [5.74, 6) is -0.525. The number of unbranched alkanes of at least 4 members (excludes halogenated alkanes) is 27. The van der Waals surface area contributed by atoms with Crippen molar-refractivity contribution in [3.63, 3.8) is 0 Å². The minimum Gasteiger partial charge on any atom is -0.462 e. The van der Waals surface area contributed by atoms with Gasteiger partial charge in [0.05, 0.1) is 25.2 Å². The zero-order valence-corrected chi connectivity index (χ0v) is 45.2. The zero-order valence-electron chi connectivity index (χ0n) is 45.2. The van der Waals surface area contributed by atoms with Gasteiger partial charge in [-0.25, -0.2) is 0 Å². The second kappa shape index (κ2) is 55.7. The molecule has 0 aromatic carbocycles. The van der Waals surface area contributed by atoms with E-state index in [2.05, 4.69) is 99.0 Å². The van der Waals surface area contributed by atoms with E-state index in [0.717, 1.165) is 109 Å². The molecule has 3 atom stereocenters. The van der Waals surface area contributed by atoms with E-state index in [4.69, 9.17) is 4.74 Å². The number of allylic oxidation sites excluding steroid dienone is 16. The molecule has 0 bridgehead atoms. The van der Waals surface area contributed by atoms with Crippen LogP contribution in [0, 0.1) is 0 Å². The van der Waals surface area contributed by atoms with Crippen molar-refractivity contribution in [2.24, 2.45) is 0 Å². The van der Waals surface area contributed by atoms with Gasteiger partial charge in [0.25, 0.3) is 0 Å². The normalized spacial score (nSPS) is 13.9. The van der Waals surface area contributed by atoms with Crippen LogP contribution >= 0.6 is 0 Å². The maximum absolute atomic E-state index is 13.3. The zero-order chi connectivity index (χ0) is 50.2. The molecule has 6 nitrogen and oxygen atoms in total. The van der Waals surface area contributed by atoms with E-state index in [1.54, 1.807) is 0 Å². The summed E-state index contributed by atoms with van der Waals surface area (Å²) in [7, 11) is 0. The van der Waals surface area contributed by atoms with E-state index in [0.29, 0.717) is 19.3 Å². The van der Waals surface area contributed by atoms with Crippen molar-refractivity contribution in [3.05, 3.63) is 97.2 Å². The first kappa shape index (κ1) is 65.8. The number of esters is 1. The Balaban J connectivity index is 4.69. The summed E-state index contributed by atoms with van der Waals surface area (Å²) in [6.07, 6.45) is 74.6.